The van der Waals surface area contributed by atoms with Crippen LogP contribution in [-0.4, -0.2) is 23.0 Å². The van der Waals surface area contributed by atoms with E-state index in [1.54, 1.807) is 19.4 Å². The van der Waals surface area contributed by atoms with Gasteiger partial charge >= 0.3 is 0 Å². The fourth-order valence-corrected chi connectivity index (χ4v) is 2.40. The van der Waals surface area contributed by atoms with Crippen LogP contribution >= 0.6 is 0 Å². The van der Waals surface area contributed by atoms with E-state index in [0.717, 1.165) is 10.9 Å². The third-order valence-electron chi connectivity index (χ3n) is 3.48. The summed E-state index contributed by atoms with van der Waals surface area (Å²) in [5.41, 5.74) is 7.52. The molecular weight excluding hydrogens is 292 g/mol. The lowest BCUT2D eigenvalue weighted by Crippen LogP contribution is -2.13. The first kappa shape index (κ1) is 14.8. The number of ether oxygens (including phenoxy) is 1. The standard InChI is InChI=1S/C17H16N4O2/c1-23-17-11(5-4-8-19-17)10-20-15-9-13(16(18)22)12-6-2-3-7-14(12)21-15/h2-9H,10H2,1H3,(H2,18,22)(H,20,21). The number of carbonyl (C=O) groups is 1. The van der Waals surface area contributed by atoms with E-state index < -0.39 is 5.91 Å². The van der Waals surface area contributed by atoms with Crippen LogP contribution in [0.4, 0.5) is 5.82 Å². The van der Waals surface area contributed by atoms with Gasteiger partial charge in [0, 0.05) is 23.7 Å². The van der Waals surface area contributed by atoms with E-state index in [4.69, 9.17) is 10.5 Å². The Morgan fingerprint density at radius 2 is 2.09 bits per heavy atom. The van der Waals surface area contributed by atoms with Crippen LogP contribution < -0.4 is 15.8 Å². The van der Waals surface area contributed by atoms with E-state index in [1.165, 1.54) is 0 Å². The molecule has 2 aromatic heterocycles. The molecule has 0 saturated carbocycles. The fraction of sp³-hybridized carbons (Fsp3) is 0.118. The number of carbonyl (C=O) groups excluding carboxylic acids is 1. The number of hydrogen-bond donors (Lipinski definition) is 2. The van der Waals surface area contributed by atoms with Crippen molar-refractivity contribution in [3.8, 4) is 5.88 Å². The van der Waals surface area contributed by atoms with Gasteiger partial charge in [0.1, 0.15) is 5.82 Å². The summed E-state index contributed by atoms with van der Waals surface area (Å²) in [5.74, 6) is 0.643. The molecule has 3 N–H and O–H groups in total. The first-order chi connectivity index (χ1) is 11.2. The number of amides is 1. The lowest BCUT2D eigenvalue weighted by atomic mass is 10.1. The summed E-state index contributed by atoms with van der Waals surface area (Å²) < 4.78 is 5.22. The van der Waals surface area contributed by atoms with Crippen molar-refractivity contribution in [2.24, 2.45) is 5.73 Å². The molecule has 3 rings (SSSR count). The van der Waals surface area contributed by atoms with Gasteiger partial charge in [-0.15, -0.1) is 0 Å². The van der Waals surface area contributed by atoms with Crippen LogP contribution in [0.25, 0.3) is 10.9 Å². The molecule has 116 valence electrons. The second kappa shape index (κ2) is 6.31. The molecule has 6 heteroatoms. The van der Waals surface area contributed by atoms with Gasteiger partial charge < -0.3 is 15.8 Å². The first-order valence-corrected chi connectivity index (χ1v) is 7.10. The number of aromatic nitrogens is 2. The Morgan fingerprint density at radius 1 is 1.26 bits per heavy atom. The minimum atomic E-state index is -0.481. The Kier molecular flexibility index (Phi) is 4.05. The predicted molar refractivity (Wildman–Crippen MR) is 88.4 cm³/mol. The van der Waals surface area contributed by atoms with Crippen LogP contribution in [0.5, 0.6) is 5.88 Å². The van der Waals surface area contributed by atoms with E-state index in [-0.39, 0.29) is 0 Å². The van der Waals surface area contributed by atoms with Crippen molar-refractivity contribution in [2.45, 2.75) is 6.54 Å². The average molecular weight is 308 g/mol. The van der Waals surface area contributed by atoms with Gasteiger partial charge in [0.25, 0.3) is 0 Å². The second-order valence-electron chi connectivity index (χ2n) is 4.96. The topological polar surface area (TPSA) is 90.1 Å². The molecule has 23 heavy (non-hydrogen) atoms. The number of nitrogens with two attached hydrogens (primary N) is 1. The smallest absolute Gasteiger partial charge is 0.249 e. The van der Waals surface area contributed by atoms with Crippen molar-refractivity contribution in [3.63, 3.8) is 0 Å². The van der Waals surface area contributed by atoms with Gasteiger partial charge in [-0.1, -0.05) is 24.3 Å². The van der Waals surface area contributed by atoms with E-state index in [1.807, 2.05) is 36.4 Å². The third-order valence-corrected chi connectivity index (χ3v) is 3.48. The van der Waals surface area contributed by atoms with E-state index in [2.05, 4.69) is 15.3 Å². The molecule has 0 unspecified atom stereocenters. The van der Waals surface area contributed by atoms with Crippen molar-refractivity contribution in [3.05, 3.63) is 59.8 Å². The molecule has 0 spiro atoms. The first-order valence-electron chi connectivity index (χ1n) is 7.10. The highest BCUT2D eigenvalue weighted by molar-refractivity contribution is 6.06. The summed E-state index contributed by atoms with van der Waals surface area (Å²) in [6, 6.07) is 12.8. The third kappa shape index (κ3) is 3.06. The number of benzene rings is 1. The Hall–Kier alpha value is -3.15. The van der Waals surface area contributed by atoms with Crippen molar-refractivity contribution >= 4 is 22.6 Å². The summed E-state index contributed by atoms with van der Waals surface area (Å²) in [6.45, 7) is 0.473. The Labute approximate surface area is 133 Å². The number of methoxy groups -OCH3 is 1. The van der Waals surface area contributed by atoms with Gasteiger partial charge in [0.15, 0.2) is 0 Å². The highest BCUT2D eigenvalue weighted by Gasteiger charge is 2.10. The van der Waals surface area contributed by atoms with E-state index >= 15 is 0 Å². The molecular formula is C17H16N4O2. The minimum absolute atomic E-state index is 0.441. The molecule has 1 amide bonds. The minimum Gasteiger partial charge on any atom is -0.481 e. The van der Waals surface area contributed by atoms with Crippen LogP contribution in [0.3, 0.4) is 0 Å². The Balaban J connectivity index is 1.93. The van der Waals surface area contributed by atoms with Crippen LogP contribution in [0.1, 0.15) is 15.9 Å². The highest BCUT2D eigenvalue weighted by Crippen LogP contribution is 2.21. The summed E-state index contributed by atoms with van der Waals surface area (Å²) in [4.78, 5) is 20.3. The lowest BCUT2D eigenvalue weighted by molar-refractivity contribution is 0.100. The average Bonchev–Trinajstić information content (AvgIpc) is 2.59. The normalized spacial score (nSPS) is 10.5. The van der Waals surface area contributed by atoms with Gasteiger partial charge in [-0.05, 0) is 18.2 Å². The number of fused-ring (bicyclic) bond motifs is 1. The van der Waals surface area contributed by atoms with E-state index in [0.29, 0.717) is 29.3 Å². The maximum atomic E-state index is 11.7. The zero-order valence-electron chi connectivity index (χ0n) is 12.6. The molecule has 0 saturated heterocycles. The molecule has 0 fully saturated rings. The summed E-state index contributed by atoms with van der Waals surface area (Å²) in [5, 5.41) is 3.92. The molecule has 1 aromatic carbocycles. The Bertz CT molecular complexity index is 864. The summed E-state index contributed by atoms with van der Waals surface area (Å²) in [6.07, 6.45) is 1.67. The number of nitrogens with one attached hydrogen (secondary N) is 1. The fourth-order valence-electron chi connectivity index (χ4n) is 2.40. The lowest BCUT2D eigenvalue weighted by Gasteiger charge is -2.11. The Morgan fingerprint density at radius 3 is 2.87 bits per heavy atom. The van der Waals surface area contributed by atoms with Crippen LogP contribution in [-0.2, 0) is 6.54 Å². The van der Waals surface area contributed by atoms with Gasteiger partial charge in [-0.2, -0.15) is 0 Å². The number of anilines is 1. The monoisotopic (exact) mass is 308 g/mol. The van der Waals surface area contributed by atoms with Crippen molar-refractivity contribution in [1.29, 1.82) is 0 Å². The summed E-state index contributed by atoms with van der Waals surface area (Å²) in [7, 11) is 1.57. The highest BCUT2D eigenvalue weighted by atomic mass is 16.5. The molecule has 2 heterocycles. The summed E-state index contributed by atoms with van der Waals surface area (Å²) >= 11 is 0. The van der Waals surface area contributed by atoms with Crippen LogP contribution in [0.15, 0.2) is 48.7 Å². The van der Waals surface area contributed by atoms with Crippen molar-refractivity contribution in [2.75, 3.05) is 12.4 Å². The zero-order chi connectivity index (χ0) is 16.2. The zero-order valence-corrected chi connectivity index (χ0v) is 12.6. The van der Waals surface area contributed by atoms with Crippen LogP contribution in [0.2, 0.25) is 0 Å². The predicted octanol–water partition coefficient (Wildman–Crippen LogP) is 2.35. The molecule has 3 aromatic rings. The maximum Gasteiger partial charge on any atom is 0.249 e. The maximum absolute atomic E-state index is 11.7. The number of rotatable bonds is 5. The number of nitrogens with zero attached hydrogens (tertiary/aromatic N) is 2. The number of primary amides is 1. The molecule has 0 aliphatic heterocycles. The molecule has 0 aliphatic carbocycles. The molecule has 0 atom stereocenters. The largest absolute Gasteiger partial charge is 0.481 e. The quantitative estimate of drug-likeness (QED) is 0.755. The van der Waals surface area contributed by atoms with Gasteiger partial charge in [-0.3, -0.25) is 4.79 Å². The van der Waals surface area contributed by atoms with Gasteiger partial charge in [-0.25, -0.2) is 9.97 Å². The van der Waals surface area contributed by atoms with Gasteiger partial charge in [0.2, 0.25) is 11.8 Å². The van der Waals surface area contributed by atoms with E-state index in [9.17, 15) is 4.79 Å². The van der Waals surface area contributed by atoms with Crippen molar-refractivity contribution < 1.29 is 9.53 Å². The SMILES string of the molecule is COc1ncccc1CNc1cc(C(N)=O)c2ccccc2n1. The molecule has 0 bridgehead atoms. The number of pyridine rings is 2. The number of para-hydroxylation sites is 1. The molecule has 0 aliphatic rings. The number of hydrogen-bond acceptors (Lipinski definition) is 5. The second-order valence-corrected chi connectivity index (χ2v) is 4.96. The van der Waals surface area contributed by atoms with Crippen molar-refractivity contribution in [1.82, 2.24) is 9.97 Å². The molecule has 0 radical (unpaired) electrons. The van der Waals surface area contributed by atoms with Gasteiger partial charge in [0.05, 0.1) is 18.2 Å². The van der Waals surface area contributed by atoms with Crippen LogP contribution in [0, 0.1) is 0 Å². The molecule has 6 nitrogen and oxygen atoms in total.